The molecule has 0 saturated carbocycles. The van der Waals surface area contributed by atoms with Crippen LogP contribution in [0.25, 0.3) is 0 Å². The van der Waals surface area contributed by atoms with Gasteiger partial charge in [0.1, 0.15) is 0 Å². The average molecular weight is 488 g/mol. The topological polar surface area (TPSA) is 97.7 Å². The summed E-state index contributed by atoms with van der Waals surface area (Å²) in [5.74, 6) is 1.09. The standard InChI is InChI=1S/C24H29N3O6S/c1-16-11-17(2)24(18(3)12-16)34(29,30)27-9-7-26(8-10-27)23(28)14-33-25-19(4)20-5-6-21-22(13-20)32-15-31-21/h5-6,11-13H,7-10,14-15H2,1-4H3. The Hall–Kier alpha value is -3.11. The molecular weight excluding hydrogens is 458 g/mol. The number of fused-ring (bicyclic) bond motifs is 1. The van der Waals surface area contributed by atoms with Crippen LogP contribution in [0.2, 0.25) is 0 Å². The van der Waals surface area contributed by atoms with Crippen molar-refractivity contribution in [3.63, 3.8) is 0 Å². The second-order valence-electron chi connectivity index (χ2n) is 8.53. The van der Waals surface area contributed by atoms with Crippen LogP contribution in [0.5, 0.6) is 11.5 Å². The number of sulfonamides is 1. The van der Waals surface area contributed by atoms with E-state index in [1.54, 1.807) is 17.9 Å². The lowest BCUT2D eigenvalue weighted by molar-refractivity contribution is -0.137. The van der Waals surface area contributed by atoms with E-state index in [2.05, 4.69) is 5.16 Å². The Kier molecular flexibility index (Phi) is 6.81. The summed E-state index contributed by atoms with van der Waals surface area (Å²) in [5, 5.41) is 4.04. The number of carbonyl (C=O) groups excluding carboxylic acids is 1. The first-order valence-corrected chi connectivity index (χ1v) is 12.5. The van der Waals surface area contributed by atoms with Gasteiger partial charge in [0, 0.05) is 31.7 Å². The van der Waals surface area contributed by atoms with Crippen LogP contribution < -0.4 is 9.47 Å². The number of oxime groups is 1. The molecule has 1 amide bonds. The molecule has 1 saturated heterocycles. The number of ether oxygens (including phenoxy) is 2. The first-order valence-electron chi connectivity index (χ1n) is 11.1. The van der Waals surface area contributed by atoms with Gasteiger partial charge in [-0.2, -0.15) is 4.31 Å². The summed E-state index contributed by atoms with van der Waals surface area (Å²) in [4.78, 5) is 19.8. The fraction of sp³-hybridized carbons (Fsp3) is 0.417. The second-order valence-corrected chi connectivity index (χ2v) is 10.4. The van der Waals surface area contributed by atoms with Crippen molar-refractivity contribution in [1.29, 1.82) is 0 Å². The summed E-state index contributed by atoms with van der Waals surface area (Å²) < 4.78 is 38.6. The van der Waals surface area contributed by atoms with Crippen molar-refractivity contribution in [3.05, 3.63) is 52.6 Å². The largest absolute Gasteiger partial charge is 0.454 e. The van der Waals surface area contributed by atoms with Crippen molar-refractivity contribution in [2.24, 2.45) is 5.16 Å². The highest BCUT2D eigenvalue weighted by Crippen LogP contribution is 2.32. The monoisotopic (exact) mass is 487 g/mol. The third-order valence-corrected chi connectivity index (χ3v) is 8.18. The van der Waals surface area contributed by atoms with Crippen LogP contribution in [0.15, 0.2) is 40.4 Å². The smallest absolute Gasteiger partial charge is 0.263 e. The molecule has 34 heavy (non-hydrogen) atoms. The number of hydrogen-bond donors (Lipinski definition) is 0. The normalized spacial score (nSPS) is 16.6. The molecule has 0 aliphatic carbocycles. The average Bonchev–Trinajstić information content (AvgIpc) is 3.26. The predicted octanol–water partition coefficient (Wildman–Crippen LogP) is 2.61. The van der Waals surface area contributed by atoms with E-state index in [1.807, 2.05) is 45.0 Å². The van der Waals surface area contributed by atoms with E-state index < -0.39 is 10.0 Å². The van der Waals surface area contributed by atoms with Crippen LogP contribution in [0, 0.1) is 20.8 Å². The van der Waals surface area contributed by atoms with E-state index in [4.69, 9.17) is 14.3 Å². The molecule has 2 aromatic rings. The molecule has 10 heteroatoms. The van der Waals surface area contributed by atoms with Crippen molar-refractivity contribution in [2.75, 3.05) is 39.6 Å². The number of rotatable bonds is 6. The summed E-state index contributed by atoms with van der Waals surface area (Å²) in [7, 11) is -3.63. The SMILES string of the molecule is CC(=NOCC(=O)N1CCN(S(=O)(=O)c2c(C)cc(C)cc2C)CC1)c1ccc2c(c1)OCO2. The number of carbonyl (C=O) groups is 1. The molecule has 9 nitrogen and oxygen atoms in total. The molecule has 0 bridgehead atoms. The molecule has 2 heterocycles. The van der Waals surface area contributed by atoms with Gasteiger partial charge in [-0.15, -0.1) is 0 Å². The van der Waals surface area contributed by atoms with Crippen molar-refractivity contribution in [1.82, 2.24) is 9.21 Å². The minimum Gasteiger partial charge on any atom is -0.454 e. The molecule has 2 aliphatic rings. The fourth-order valence-electron chi connectivity index (χ4n) is 4.33. The van der Waals surface area contributed by atoms with Gasteiger partial charge in [-0.25, -0.2) is 8.42 Å². The maximum Gasteiger partial charge on any atom is 0.263 e. The minimum absolute atomic E-state index is 0.193. The zero-order valence-corrected chi connectivity index (χ0v) is 20.6. The van der Waals surface area contributed by atoms with Crippen molar-refractivity contribution in [3.8, 4) is 11.5 Å². The van der Waals surface area contributed by atoms with Gasteiger partial charge in [-0.1, -0.05) is 22.9 Å². The molecule has 0 spiro atoms. The van der Waals surface area contributed by atoms with Crippen LogP contribution in [0.3, 0.4) is 0 Å². The maximum absolute atomic E-state index is 13.2. The molecule has 0 unspecified atom stereocenters. The Labute approximate surface area is 199 Å². The highest BCUT2D eigenvalue weighted by atomic mass is 32.2. The van der Waals surface area contributed by atoms with Gasteiger partial charge in [0.05, 0.1) is 10.6 Å². The van der Waals surface area contributed by atoms with E-state index in [1.165, 1.54) is 4.31 Å². The Bertz CT molecular complexity index is 1210. The molecule has 1 fully saturated rings. The molecule has 0 atom stereocenters. The molecule has 4 rings (SSSR count). The lowest BCUT2D eigenvalue weighted by atomic mass is 10.1. The lowest BCUT2D eigenvalue weighted by Crippen LogP contribution is -2.51. The summed E-state index contributed by atoms with van der Waals surface area (Å²) in [6.07, 6.45) is 0. The highest BCUT2D eigenvalue weighted by Gasteiger charge is 2.32. The Morgan fingerprint density at radius 3 is 2.32 bits per heavy atom. The molecule has 2 aromatic carbocycles. The summed E-state index contributed by atoms with van der Waals surface area (Å²) in [5.41, 5.74) is 3.91. The van der Waals surface area contributed by atoms with Crippen molar-refractivity contribution >= 4 is 21.6 Å². The van der Waals surface area contributed by atoms with Gasteiger partial charge in [-0.3, -0.25) is 4.79 Å². The van der Waals surface area contributed by atoms with Crippen LogP contribution in [-0.2, 0) is 19.7 Å². The summed E-state index contributed by atoms with van der Waals surface area (Å²) in [6, 6.07) is 9.21. The number of amides is 1. The number of nitrogens with zero attached hydrogens (tertiary/aromatic N) is 3. The van der Waals surface area contributed by atoms with Crippen LogP contribution >= 0.6 is 0 Å². The molecular formula is C24H29N3O6S. The highest BCUT2D eigenvalue weighted by molar-refractivity contribution is 7.89. The predicted molar refractivity (Wildman–Crippen MR) is 127 cm³/mol. The zero-order valence-electron chi connectivity index (χ0n) is 19.8. The molecule has 182 valence electrons. The third-order valence-electron chi connectivity index (χ3n) is 5.97. The van der Waals surface area contributed by atoms with Gasteiger partial charge >= 0.3 is 0 Å². The number of hydrogen-bond acceptors (Lipinski definition) is 7. The third kappa shape index (κ3) is 4.88. The van der Waals surface area contributed by atoms with Gasteiger partial charge in [0.2, 0.25) is 16.8 Å². The number of benzene rings is 2. The van der Waals surface area contributed by atoms with E-state index >= 15 is 0 Å². The molecule has 0 aromatic heterocycles. The van der Waals surface area contributed by atoms with Gasteiger partial charge in [0.15, 0.2) is 18.1 Å². The van der Waals surface area contributed by atoms with E-state index in [-0.39, 0.29) is 32.4 Å². The molecule has 0 N–H and O–H groups in total. The Morgan fingerprint density at radius 1 is 1.00 bits per heavy atom. The summed E-state index contributed by atoms with van der Waals surface area (Å²) >= 11 is 0. The van der Waals surface area contributed by atoms with Crippen LogP contribution in [0.4, 0.5) is 0 Å². The molecule has 2 aliphatic heterocycles. The number of aryl methyl sites for hydroxylation is 3. The van der Waals surface area contributed by atoms with E-state index in [0.717, 1.165) is 22.3 Å². The van der Waals surface area contributed by atoms with Gasteiger partial charge in [-0.05, 0) is 57.0 Å². The summed E-state index contributed by atoms with van der Waals surface area (Å²) in [6.45, 7) is 8.41. The number of piperazine rings is 1. The van der Waals surface area contributed by atoms with Crippen molar-refractivity contribution < 1.29 is 27.5 Å². The quantitative estimate of drug-likeness (QED) is 0.459. The van der Waals surface area contributed by atoms with Crippen molar-refractivity contribution in [2.45, 2.75) is 32.6 Å². The second kappa shape index (κ2) is 9.63. The van der Waals surface area contributed by atoms with E-state index in [9.17, 15) is 13.2 Å². The Morgan fingerprint density at radius 2 is 1.65 bits per heavy atom. The van der Waals surface area contributed by atoms with E-state index in [0.29, 0.717) is 35.2 Å². The van der Waals surface area contributed by atoms with Crippen LogP contribution in [0.1, 0.15) is 29.2 Å². The van der Waals surface area contributed by atoms with Gasteiger partial charge < -0.3 is 19.2 Å². The van der Waals surface area contributed by atoms with Gasteiger partial charge in [0.25, 0.3) is 5.91 Å². The fourth-order valence-corrected chi connectivity index (χ4v) is 6.16. The first-order chi connectivity index (χ1) is 16.2. The Balaban J connectivity index is 1.32. The minimum atomic E-state index is -3.63. The van der Waals surface area contributed by atoms with Crippen LogP contribution in [-0.4, -0.2) is 68.8 Å². The maximum atomic E-state index is 13.2. The first kappa shape index (κ1) is 24.0. The lowest BCUT2D eigenvalue weighted by Gasteiger charge is -2.34. The zero-order chi connectivity index (χ0) is 24.5. The molecule has 0 radical (unpaired) electrons.